The summed E-state index contributed by atoms with van der Waals surface area (Å²) in [6.07, 6.45) is 7.68. The maximum absolute atomic E-state index is 10.5. The highest BCUT2D eigenvalue weighted by Gasteiger charge is 2.29. The number of allylic oxidation sites excluding steroid dienone is 2. The first kappa shape index (κ1) is 10.5. The lowest BCUT2D eigenvalue weighted by Gasteiger charge is -2.36. The van der Waals surface area contributed by atoms with Crippen LogP contribution in [-0.4, -0.2) is 6.29 Å². The minimum atomic E-state index is 0.315. The predicted octanol–water partition coefficient (Wildman–Crippen LogP) is 3.35. The second-order valence-corrected chi connectivity index (χ2v) is 5.04. The summed E-state index contributed by atoms with van der Waals surface area (Å²) in [6.45, 7) is 6.80. The molecule has 0 unspecified atom stereocenters. The fourth-order valence-electron chi connectivity index (χ4n) is 2.31. The molecule has 1 rings (SSSR count). The second-order valence-electron chi connectivity index (χ2n) is 5.04. The Labute approximate surface area is 81.2 Å². The van der Waals surface area contributed by atoms with Crippen LogP contribution >= 0.6 is 0 Å². The van der Waals surface area contributed by atoms with Gasteiger partial charge in [0, 0.05) is 0 Å². The van der Waals surface area contributed by atoms with E-state index < -0.39 is 0 Å². The first-order chi connectivity index (χ1) is 6.05. The molecule has 0 aromatic rings. The summed E-state index contributed by atoms with van der Waals surface area (Å²) in [5.74, 6) is 0.617. The van der Waals surface area contributed by atoms with E-state index in [2.05, 4.69) is 20.8 Å². The lowest BCUT2D eigenvalue weighted by Crippen LogP contribution is -2.25. The van der Waals surface area contributed by atoms with Gasteiger partial charge in [-0.05, 0) is 36.7 Å². The zero-order valence-electron chi connectivity index (χ0n) is 8.97. The van der Waals surface area contributed by atoms with Gasteiger partial charge in [0.05, 0.1) is 0 Å². The number of hydrogen-bond acceptors (Lipinski definition) is 1. The summed E-state index contributed by atoms with van der Waals surface area (Å²) >= 11 is 0. The molecule has 0 heterocycles. The average molecular weight is 180 g/mol. The molecule has 1 aliphatic rings. The standard InChI is InChI=1S/C12H20O/c1-12(2,3)11-7-5-4-6-10(11)8-9-13/h8-9,11H,4-7H2,1-3H3/b10-8+/t11-/m0/s1. The SMILES string of the molecule is CC(C)(C)[C@H]1CCCC/C1=C\C=O. The molecule has 74 valence electrons. The summed E-state index contributed by atoms with van der Waals surface area (Å²) in [7, 11) is 0. The van der Waals surface area contributed by atoms with Crippen LogP contribution in [0.5, 0.6) is 0 Å². The van der Waals surface area contributed by atoms with Crippen molar-refractivity contribution < 1.29 is 4.79 Å². The third-order valence-electron chi connectivity index (χ3n) is 2.98. The van der Waals surface area contributed by atoms with E-state index in [4.69, 9.17) is 0 Å². The third-order valence-corrected chi connectivity index (χ3v) is 2.98. The van der Waals surface area contributed by atoms with Crippen LogP contribution in [0.4, 0.5) is 0 Å². The van der Waals surface area contributed by atoms with E-state index in [1.54, 1.807) is 6.08 Å². The molecule has 0 spiro atoms. The fourth-order valence-corrected chi connectivity index (χ4v) is 2.31. The highest BCUT2D eigenvalue weighted by atomic mass is 16.1. The topological polar surface area (TPSA) is 17.1 Å². The Hall–Kier alpha value is -0.590. The van der Waals surface area contributed by atoms with E-state index in [-0.39, 0.29) is 0 Å². The molecule has 0 aromatic heterocycles. The molecule has 0 N–H and O–H groups in total. The van der Waals surface area contributed by atoms with Gasteiger partial charge < -0.3 is 0 Å². The van der Waals surface area contributed by atoms with Crippen LogP contribution in [0.1, 0.15) is 46.5 Å². The molecule has 0 aliphatic heterocycles. The number of rotatable bonds is 1. The molecule has 1 saturated carbocycles. The van der Waals surface area contributed by atoms with Gasteiger partial charge in [-0.1, -0.05) is 32.8 Å². The molecule has 0 saturated heterocycles. The van der Waals surface area contributed by atoms with Gasteiger partial charge in [0.25, 0.3) is 0 Å². The Morgan fingerprint density at radius 3 is 2.54 bits per heavy atom. The molecule has 0 radical (unpaired) electrons. The molecule has 0 amide bonds. The molecular weight excluding hydrogens is 160 g/mol. The smallest absolute Gasteiger partial charge is 0.142 e. The summed E-state index contributed by atoms with van der Waals surface area (Å²) in [5.41, 5.74) is 1.68. The number of carbonyl (C=O) groups excluding carboxylic acids is 1. The van der Waals surface area contributed by atoms with Gasteiger partial charge in [0.15, 0.2) is 0 Å². The van der Waals surface area contributed by atoms with Crippen molar-refractivity contribution in [2.45, 2.75) is 46.5 Å². The first-order valence-corrected chi connectivity index (χ1v) is 5.20. The molecule has 0 bridgehead atoms. The quantitative estimate of drug-likeness (QED) is 0.447. The molecule has 13 heavy (non-hydrogen) atoms. The molecule has 1 nitrogen and oxygen atoms in total. The van der Waals surface area contributed by atoms with Crippen molar-refractivity contribution in [2.24, 2.45) is 11.3 Å². The van der Waals surface area contributed by atoms with E-state index in [0.717, 1.165) is 12.7 Å². The van der Waals surface area contributed by atoms with Crippen LogP contribution in [0.2, 0.25) is 0 Å². The Morgan fingerprint density at radius 1 is 1.31 bits per heavy atom. The van der Waals surface area contributed by atoms with Crippen molar-refractivity contribution in [2.75, 3.05) is 0 Å². The molecular formula is C12H20O. The lowest BCUT2D eigenvalue weighted by atomic mass is 9.69. The van der Waals surface area contributed by atoms with Crippen LogP contribution < -0.4 is 0 Å². The highest BCUT2D eigenvalue weighted by Crippen LogP contribution is 2.40. The average Bonchev–Trinajstić information content (AvgIpc) is 2.04. The maximum Gasteiger partial charge on any atom is 0.142 e. The zero-order chi connectivity index (χ0) is 9.90. The molecule has 1 heteroatoms. The summed E-state index contributed by atoms with van der Waals surface area (Å²) in [4.78, 5) is 10.5. The van der Waals surface area contributed by atoms with Crippen molar-refractivity contribution in [1.82, 2.24) is 0 Å². The minimum absolute atomic E-state index is 0.315. The Bertz CT molecular complexity index is 208. The fraction of sp³-hybridized carbons (Fsp3) is 0.750. The number of carbonyl (C=O) groups is 1. The molecule has 1 fully saturated rings. The maximum atomic E-state index is 10.5. The van der Waals surface area contributed by atoms with Crippen molar-refractivity contribution in [3.05, 3.63) is 11.6 Å². The van der Waals surface area contributed by atoms with Crippen molar-refractivity contribution in [3.8, 4) is 0 Å². The van der Waals surface area contributed by atoms with Gasteiger partial charge in [0.2, 0.25) is 0 Å². The van der Waals surface area contributed by atoms with Crippen LogP contribution in [-0.2, 0) is 4.79 Å². The summed E-state index contributed by atoms with van der Waals surface area (Å²) in [6, 6.07) is 0. The third kappa shape index (κ3) is 2.68. The number of hydrogen-bond donors (Lipinski definition) is 0. The normalized spacial score (nSPS) is 27.6. The van der Waals surface area contributed by atoms with Crippen molar-refractivity contribution in [3.63, 3.8) is 0 Å². The predicted molar refractivity (Wildman–Crippen MR) is 55.6 cm³/mol. The van der Waals surface area contributed by atoms with E-state index in [9.17, 15) is 4.79 Å². The summed E-state index contributed by atoms with van der Waals surface area (Å²) < 4.78 is 0. The van der Waals surface area contributed by atoms with Crippen molar-refractivity contribution >= 4 is 6.29 Å². The largest absolute Gasteiger partial charge is 0.299 e. The van der Waals surface area contributed by atoms with E-state index in [1.807, 2.05) is 0 Å². The Kier molecular flexibility index (Phi) is 3.29. The van der Waals surface area contributed by atoms with Gasteiger partial charge in [-0.3, -0.25) is 4.79 Å². The monoisotopic (exact) mass is 180 g/mol. The van der Waals surface area contributed by atoms with Gasteiger partial charge in [-0.15, -0.1) is 0 Å². The first-order valence-electron chi connectivity index (χ1n) is 5.20. The Morgan fingerprint density at radius 2 is 2.00 bits per heavy atom. The second kappa shape index (κ2) is 4.08. The van der Waals surface area contributed by atoms with Gasteiger partial charge in [0.1, 0.15) is 6.29 Å². The number of aldehydes is 1. The minimum Gasteiger partial charge on any atom is -0.299 e. The zero-order valence-corrected chi connectivity index (χ0v) is 8.97. The van der Waals surface area contributed by atoms with E-state index in [1.165, 1.54) is 24.8 Å². The Balaban J connectivity index is 2.79. The van der Waals surface area contributed by atoms with Crippen LogP contribution in [0.3, 0.4) is 0 Å². The van der Waals surface area contributed by atoms with Crippen molar-refractivity contribution in [1.29, 1.82) is 0 Å². The summed E-state index contributed by atoms with van der Waals surface area (Å²) in [5, 5.41) is 0. The van der Waals surface area contributed by atoms with Gasteiger partial charge >= 0.3 is 0 Å². The van der Waals surface area contributed by atoms with E-state index >= 15 is 0 Å². The van der Waals surface area contributed by atoms with Gasteiger partial charge in [-0.2, -0.15) is 0 Å². The lowest BCUT2D eigenvalue weighted by molar-refractivity contribution is -0.104. The molecule has 1 aliphatic carbocycles. The van der Waals surface area contributed by atoms with Crippen LogP contribution in [0.15, 0.2) is 11.6 Å². The molecule has 0 aromatic carbocycles. The molecule has 1 atom stereocenters. The highest BCUT2D eigenvalue weighted by molar-refractivity contribution is 5.66. The van der Waals surface area contributed by atoms with Crippen LogP contribution in [0.25, 0.3) is 0 Å². The van der Waals surface area contributed by atoms with E-state index in [0.29, 0.717) is 11.3 Å². The van der Waals surface area contributed by atoms with Crippen LogP contribution in [0, 0.1) is 11.3 Å². The van der Waals surface area contributed by atoms with Gasteiger partial charge in [-0.25, -0.2) is 0 Å².